The molecule has 4 heteroatoms. The van der Waals surface area contributed by atoms with Crippen molar-refractivity contribution < 1.29 is 19.4 Å². The summed E-state index contributed by atoms with van der Waals surface area (Å²) in [5.41, 5.74) is 0.135. The lowest BCUT2D eigenvalue weighted by Gasteiger charge is -2.29. The van der Waals surface area contributed by atoms with Gasteiger partial charge < -0.3 is 14.6 Å². The minimum Gasteiger partial charge on any atom is -0.497 e. The van der Waals surface area contributed by atoms with Crippen molar-refractivity contribution in [2.24, 2.45) is 0 Å². The van der Waals surface area contributed by atoms with Crippen molar-refractivity contribution in [1.82, 2.24) is 0 Å². The number of carbonyl (C=O) groups excluding carboxylic acids is 1. The van der Waals surface area contributed by atoms with E-state index in [4.69, 9.17) is 4.74 Å². The van der Waals surface area contributed by atoms with Gasteiger partial charge in [-0.2, -0.15) is 0 Å². The first-order valence-corrected chi connectivity index (χ1v) is 5.34. The summed E-state index contributed by atoms with van der Waals surface area (Å²) < 4.78 is 9.61. The molecule has 17 heavy (non-hydrogen) atoms. The Morgan fingerprint density at radius 3 is 2.18 bits per heavy atom. The number of hydrogen-bond acceptors (Lipinski definition) is 4. The first kappa shape index (κ1) is 13.5. The van der Waals surface area contributed by atoms with Crippen LogP contribution >= 0.6 is 0 Å². The summed E-state index contributed by atoms with van der Waals surface area (Å²) in [6.07, 6.45) is -1.19. The van der Waals surface area contributed by atoms with E-state index in [1.165, 1.54) is 7.11 Å². The third kappa shape index (κ3) is 2.77. The molecule has 0 saturated carbocycles. The molecule has 0 saturated heterocycles. The summed E-state index contributed by atoms with van der Waals surface area (Å²) in [7, 11) is 2.85. The molecule has 0 spiro atoms. The zero-order valence-electron chi connectivity index (χ0n) is 10.6. The highest BCUT2D eigenvalue weighted by Gasteiger charge is 2.35. The highest BCUT2D eigenvalue weighted by atomic mass is 16.5. The molecule has 0 aromatic heterocycles. The number of methoxy groups -OCH3 is 2. The van der Waals surface area contributed by atoms with E-state index in [1.807, 2.05) is 12.1 Å². The van der Waals surface area contributed by atoms with E-state index in [2.05, 4.69) is 4.74 Å². The number of aliphatic hydroxyl groups excluding tert-OH is 1. The molecule has 94 valence electrons. The smallest absolute Gasteiger partial charge is 0.335 e. The normalized spacial score (nSPS) is 13.0. The molecule has 0 heterocycles. The minimum atomic E-state index is -1.19. The Hall–Kier alpha value is -1.55. The second kappa shape index (κ2) is 5.19. The molecule has 1 atom stereocenters. The fourth-order valence-electron chi connectivity index (χ4n) is 1.58. The summed E-state index contributed by atoms with van der Waals surface area (Å²) in [5.74, 6) is 0.0999. The summed E-state index contributed by atoms with van der Waals surface area (Å²) in [6.45, 7) is 3.58. The molecule has 0 fully saturated rings. The Kier molecular flexibility index (Phi) is 4.12. The summed E-state index contributed by atoms with van der Waals surface area (Å²) in [5, 5.41) is 9.92. The number of rotatable bonds is 4. The average molecular weight is 238 g/mol. The van der Waals surface area contributed by atoms with Crippen LogP contribution in [0.5, 0.6) is 5.75 Å². The molecule has 1 unspecified atom stereocenters. The second-order valence-electron chi connectivity index (χ2n) is 4.38. The van der Waals surface area contributed by atoms with Gasteiger partial charge in [-0.05, 0) is 17.7 Å². The topological polar surface area (TPSA) is 55.8 Å². The van der Waals surface area contributed by atoms with E-state index in [9.17, 15) is 9.90 Å². The standard InChI is InChI=1S/C13H18O4/c1-13(2,11(14)12(15)17-4)9-5-7-10(16-3)8-6-9/h5-8,11,14H,1-4H3. The SMILES string of the molecule is COC(=O)C(O)C(C)(C)c1ccc(OC)cc1. The number of carbonyl (C=O) groups is 1. The minimum absolute atomic E-state index is 0.634. The van der Waals surface area contributed by atoms with E-state index in [0.29, 0.717) is 0 Å². The van der Waals surface area contributed by atoms with Gasteiger partial charge >= 0.3 is 5.97 Å². The molecule has 0 aliphatic rings. The van der Waals surface area contributed by atoms with Crippen molar-refractivity contribution >= 4 is 5.97 Å². The molecule has 1 aromatic rings. The molecule has 0 aliphatic heterocycles. The molecular weight excluding hydrogens is 220 g/mol. The number of esters is 1. The Morgan fingerprint density at radius 1 is 1.24 bits per heavy atom. The van der Waals surface area contributed by atoms with Gasteiger partial charge in [-0.15, -0.1) is 0 Å². The highest BCUT2D eigenvalue weighted by molar-refractivity contribution is 5.76. The van der Waals surface area contributed by atoms with Gasteiger partial charge in [0.05, 0.1) is 14.2 Å². The van der Waals surface area contributed by atoms with Crippen LogP contribution in [-0.2, 0) is 14.9 Å². The van der Waals surface area contributed by atoms with E-state index >= 15 is 0 Å². The fourth-order valence-corrected chi connectivity index (χ4v) is 1.58. The Bertz CT molecular complexity index is 381. The summed E-state index contributed by atoms with van der Waals surface area (Å²) in [6, 6.07) is 7.23. The number of ether oxygens (including phenoxy) is 2. The van der Waals surface area contributed by atoms with Crippen LogP contribution in [0.2, 0.25) is 0 Å². The largest absolute Gasteiger partial charge is 0.497 e. The van der Waals surface area contributed by atoms with Crippen LogP contribution in [0.15, 0.2) is 24.3 Å². The molecule has 0 bridgehead atoms. The number of hydrogen-bond donors (Lipinski definition) is 1. The predicted octanol–water partition coefficient (Wildman–Crippen LogP) is 1.51. The maximum Gasteiger partial charge on any atom is 0.335 e. The first-order valence-electron chi connectivity index (χ1n) is 5.34. The van der Waals surface area contributed by atoms with Crippen molar-refractivity contribution in [3.8, 4) is 5.75 Å². The van der Waals surface area contributed by atoms with Crippen LogP contribution < -0.4 is 4.74 Å². The van der Waals surface area contributed by atoms with Crippen LogP contribution in [0.1, 0.15) is 19.4 Å². The molecular formula is C13H18O4. The molecule has 1 N–H and O–H groups in total. The fraction of sp³-hybridized carbons (Fsp3) is 0.462. The van der Waals surface area contributed by atoms with E-state index in [0.717, 1.165) is 11.3 Å². The molecule has 0 aliphatic carbocycles. The van der Waals surface area contributed by atoms with E-state index < -0.39 is 17.5 Å². The monoisotopic (exact) mass is 238 g/mol. The zero-order chi connectivity index (χ0) is 13.1. The maximum absolute atomic E-state index is 11.4. The van der Waals surface area contributed by atoms with Gasteiger partial charge in [-0.1, -0.05) is 26.0 Å². The Balaban J connectivity index is 2.99. The van der Waals surface area contributed by atoms with Gasteiger partial charge in [0.1, 0.15) is 5.75 Å². The third-order valence-electron chi connectivity index (χ3n) is 2.94. The lowest BCUT2D eigenvalue weighted by atomic mass is 9.79. The molecule has 1 aromatic carbocycles. The van der Waals surface area contributed by atoms with Crippen LogP contribution in [-0.4, -0.2) is 31.4 Å². The van der Waals surface area contributed by atoms with Crippen molar-refractivity contribution in [1.29, 1.82) is 0 Å². The maximum atomic E-state index is 11.4. The quantitative estimate of drug-likeness (QED) is 0.808. The van der Waals surface area contributed by atoms with E-state index in [-0.39, 0.29) is 0 Å². The van der Waals surface area contributed by atoms with Crippen LogP contribution in [0.4, 0.5) is 0 Å². The van der Waals surface area contributed by atoms with Crippen molar-refractivity contribution in [2.75, 3.05) is 14.2 Å². The summed E-state index contributed by atoms with van der Waals surface area (Å²) in [4.78, 5) is 11.4. The van der Waals surface area contributed by atoms with Gasteiger partial charge in [0, 0.05) is 5.41 Å². The Labute approximate surface area is 101 Å². The van der Waals surface area contributed by atoms with E-state index in [1.54, 1.807) is 33.1 Å². The van der Waals surface area contributed by atoms with Gasteiger partial charge in [0.25, 0.3) is 0 Å². The van der Waals surface area contributed by atoms with Crippen molar-refractivity contribution in [2.45, 2.75) is 25.4 Å². The van der Waals surface area contributed by atoms with Gasteiger partial charge in [0.15, 0.2) is 6.10 Å². The lowest BCUT2D eigenvalue weighted by molar-refractivity contribution is -0.153. The van der Waals surface area contributed by atoms with Crippen molar-refractivity contribution in [3.05, 3.63) is 29.8 Å². The van der Waals surface area contributed by atoms with Gasteiger partial charge in [-0.25, -0.2) is 4.79 Å². The molecule has 0 radical (unpaired) electrons. The highest BCUT2D eigenvalue weighted by Crippen LogP contribution is 2.29. The molecule has 1 rings (SSSR count). The van der Waals surface area contributed by atoms with Gasteiger partial charge in [-0.3, -0.25) is 0 Å². The summed E-state index contributed by atoms with van der Waals surface area (Å²) >= 11 is 0. The second-order valence-corrected chi connectivity index (χ2v) is 4.38. The Morgan fingerprint density at radius 2 is 1.76 bits per heavy atom. The number of benzene rings is 1. The third-order valence-corrected chi connectivity index (χ3v) is 2.94. The lowest BCUT2D eigenvalue weighted by Crippen LogP contribution is -2.40. The number of aliphatic hydroxyl groups is 1. The first-order chi connectivity index (χ1) is 7.93. The van der Waals surface area contributed by atoms with Crippen LogP contribution in [0.3, 0.4) is 0 Å². The van der Waals surface area contributed by atoms with Crippen LogP contribution in [0, 0.1) is 0 Å². The average Bonchev–Trinajstić information content (AvgIpc) is 2.36. The van der Waals surface area contributed by atoms with Crippen molar-refractivity contribution in [3.63, 3.8) is 0 Å². The van der Waals surface area contributed by atoms with Crippen LogP contribution in [0.25, 0.3) is 0 Å². The van der Waals surface area contributed by atoms with Gasteiger partial charge in [0.2, 0.25) is 0 Å². The molecule has 0 amide bonds. The zero-order valence-corrected chi connectivity index (χ0v) is 10.6. The molecule has 4 nitrogen and oxygen atoms in total. The predicted molar refractivity (Wildman–Crippen MR) is 64.0 cm³/mol.